The molecule has 7 nitrogen and oxygen atoms in total. The van der Waals surface area contributed by atoms with E-state index < -0.39 is 12.1 Å². The molecule has 0 saturated heterocycles. The number of hydrogen-bond acceptors (Lipinski definition) is 4. The van der Waals surface area contributed by atoms with Crippen molar-refractivity contribution in [3.8, 4) is 11.1 Å². The van der Waals surface area contributed by atoms with E-state index in [4.69, 9.17) is 9.84 Å². The second kappa shape index (κ2) is 9.49. The van der Waals surface area contributed by atoms with Gasteiger partial charge in [-0.3, -0.25) is 9.59 Å². The molecule has 178 valence electrons. The Morgan fingerprint density at radius 1 is 0.971 bits per heavy atom. The molecular formula is C27H30N2O5. The van der Waals surface area contributed by atoms with Gasteiger partial charge in [0.1, 0.15) is 6.61 Å². The van der Waals surface area contributed by atoms with E-state index in [1.807, 2.05) is 24.3 Å². The Bertz CT molecular complexity index is 1040. The summed E-state index contributed by atoms with van der Waals surface area (Å²) in [5.74, 6) is -0.454. The fourth-order valence-corrected chi connectivity index (χ4v) is 5.38. The molecule has 0 radical (unpaired) electrons. The largest absolute Gasteiger partial charge is 0.481 e. The molecule has 2 fully saturated rings. The van der Waals surface area contributed by atoms with Gasteiger partial charge in [-0.25, -0.2) is 4.79 Å². The molecule has 0 bridgehead atoms. The molecule has 3 aliphatic rings. The highest BCUT2D eigenvalue weighted by Crippen LogP contribution is 2.44. The third kappa shape index (κ3) is 4.93. The summed E-state index contributed by atoms with van der Waals surface area (Å²) in [6, 6.07) is 16.2. The van der Waals surface area contributed by atoms with Gasteiger partial charge in [-0.05, 0) is 59.8 Å². The summed E-state index contributed by atoms with van der Waals surface area (Å²) in [5, 5.41) is 14.9. The van der Waals surface area contributed by atoms with Crippen LogP contribution in [0.5, 0.6) is 0 Å². The molecule has 3 N–H and O–H groups in total. The molecule has 2 aromatic rings. The first-order valence-corrected chi connectivity index (χ1v) is 12.1. The standard InChI is InChI=1S/C27H30N2O5/c30-25(29-24(14-26(31)32)17-9-10-17)13-16-11-18(12-16)28-27(33)34-15-23-21-7-3-1-5-19(21)20-6-2-4-8-22(20)23/h1-8,16-18,23-24H,9-15H2,(H,28,33)(H,29,30)(H,31,32). The number of fused-ring (bicyclic) bond motifs is 3. The van der Waals surface area contributed by atoms with Crippen LogP contribution in [-0.4, -0.2) is 41.8 Å². The number of aliphatic carboxylic acids is 1. The minimum absolute atomic E-state index is 0.00620. The van der Waals surface area contributed by atoms with Crippen LogP contribution in [0.15, 0.2) is 48.5 Å². The number of carbonyl (C=O) groups is 3. The lowest BCUT2D eigenvalue weighted by Crippen LogP contribution is -2.47. The van der Waals surface area contributed by atoms with E-state index in [2.05, 4.69) is 34.9 Å². The SMILES string of the molecule is O=C(O)CC(NC(=O)CC1CC(NC(=O)OCC2c3ccccc3-c3ccccc32)C1)C1CC1. The summed E-state index contributed by atoms with van der Waals surface area (Å²) in [5.41, 5.74) is 4.75. The number of hydrogen-bond donors (Lipinski definition) is 3. The van der Waals surface area contributed by atoms with Crippen molar-refractivity contribution in [2.75, 3.05) is 6.61 Å². The number of alkyl carbamates (subject to hydrolysis) is 1. The van der Waals surface area contributed by atoms with Crippen LogP contribution < -0.4 is 10.6 Å². The van der Waals surface area contributed by atoms with E-state index in [1.54, 1.807) is 0 Å². The number of amides is 2. The molecule has 0 spiro atoms. The predicted molar refractivity (Wildman–Crippen MR) is 126 cm³/mol. The number of ether oxygens (including phenoxy) is 1. The van der Waals surface area contributed by atoms with Crippen LogP contribution in [-0.2, 0) is 14.3 Å². The zero-order valence-electron chi connectivity index (χ0n) is 19.0. The lowest BCUT2D eigenvalue weighted by atomic mass is 9.78. The summed E-state index contributed by atoms with van der Waals surface area (Å²) in [6.45, 7) is 0.282. The van der Waals surface area contributed by atoms with E-state index in [9.17, 15) is 14.4 Å². The van der Waals surface area contributed by atoms with Crippen LogP contribution in [0, 0.1) is 11.8 Å². The van der Waals surface area contributed by atoms with Crippen molar-refractivity contribution in [2.45, 2.75) is 56.5 Å². The zero-order valence-corrected chi connectivity index (χ0v) is 19.0. The van der Waals surface area contributed by atoms with Gasteiger partial charge in [0, 0.05) is 24.4 Å². The Hall–Kier alpha value is -3.35. The van der Waals surface area contributed by atoms with Gasteiger partial charge in [-0.1, -0.05) is 48.5 Å². The number of carbonyl (C=O) groups excluding carboxylic acids is 2. The first-order chi connectivity index (χ1) is 16.5. The summed E-state index contributed by atoms with van der Waals surface area (Å²) < 4.78 is 5.60. The molecule has 5 rings (SSSR count). The fraction of sp³-hybridized carbons (Fsp3) is 0.444. The van der Waals surface area contributed by atoms with E-state index in [-0.39, 0.29) is 42.9 Å². The van der Waals surface area contributed by atoms with Crippen LogP contribution in [0.1, 0.15) is 55.6 Å². The normalized spacial score (nSPS) is 21.5. The highest BCUT2D eigenvalue weighted by atomic mass is 16.5. The fourth-order valence-electron chi connectivity index (χ4n) is 5.38. The van der Waals surface area contributed by atoms with E-state index in [0.29, 0.717) is 12.3 Å². The maximum atomic E-state index is 12.4. The third-order valence-electron chi connectivity index (χ3n) is 7.31. The third-order valence-corrected chi connectivity index (χ3v) is 7.31. The van der Waals surface area contributed by atoms with Crippen molar-refractivity contribution < 1.29 is 24.2 Å². The molecule has 2 amide bonds. The van der Waals surface area contributed by atoms with Gasteiger partial charge in [0.15, 0.2) is 0 Å². The Balaban J connectivity index is 1.06. The highest BCUT2D eigenvalue weighted by Gasteiger charge is 2.36. The van der Waals surface area contributed by atoms with Crippen LogP contribution in [0.4, 0.5) is 4.79 Å². The van der Waals surface area contributed by atoms with Crippen LogP contribution in [0.2, 0.25) is 0 Å². The molecule has 1 unspecified atom stereocenters. The Morgan fingerprint density at radius 3 is 2.18 bits per heavy atom. The quantitative estimate of drug-likeness (QED) is 0.521. The second-order valence-electron chi connectivity index (χ2n) is 9.82. The monoisotopic (exact) mass is 462 g/mol. The van der Waals surface area contributed by atoms with Crippen LogP contribution in [0.3, 0.4) is 0 Å². The molecule has 3 aliphatic carbocycles. The number of rotatable bonds is 9. The van der Waals surface area contributed by atoms with Crippen molar-refractivity contribution in [2.24, 2.45) is 11.8 Å². The van der Waals surface area contributed by atoms with Crippen molar-refractivity contribution in [1.29, 1.82) is 0 Å². The Labute approximate surface area is 198 Å². The molecule has 0 heterocycles. The topological polar surface area (TPSA) is 105 Å². The minimum atomic E-state index is -0.881. The molecule has 1 atom stereocenters. The molecule has 0 aromatic heterocycles. The second-order valence-corrected chi connectivity index (χ2v) is 9.82. The van der Waals surface area contributed by atoms with Crippen molar-refractivity contribution in [3.05, 3.63) is 59.7 Å². The molecule has 0 aliphatic heterocycles. The zero-order chi connectivity index (χ0) is 23.7. The summed E-state index contributed by atoms with van der Waals surface area (Å²) in [6.07, 6.45) is 3.33. The molecule has 7 heteroatoms. The van der Waals surface area contributed by atoms with E-state index in [0.717, 1.165) is 25.7 Å². The van der Waals surface area contributed by atoms with Gasteiger partial charge in [-0.15, -0.1) is 0 Å². The number of benzene rings is 2. The van der Waals surface area contributed by atoms with Gasteiger partial charge >= 0.3 is 12.1 Å². The van der Waals surface area contributed by atoms with Gasteiger partial charge in [-0.2, -0.15) is 0 Å². The molecule has 2 saturated carbocycles. The van der Waals surface area contributed by atoms with Gasteiger partial charge in [0.05, 0.1) is 6.42 Å². The lowest BCUT2D eigenvalue weighted by molar-refractivity contribution is -0.138. The average molecular weight is 463 g/mol. The first-order valence-electron chi connectivity index (χ1n) is 12.1. The lowest BCUT2D eigenvalue weighted by Gasteiger charge is -2.35. The first kappa shape index (κ1) is 22.4. The van der Waals surface area contributed by atoms with Gasteiger partial charge in [0.2, 0.25) is 5.91 Å². The number of nitrogens with one attached hydrogen (secondary N) is 2. The Morgan fingerprint density at radius 2 is 1.59 bits per heavy atom. The maximum Gasteiger partial charge on any atom is 0.407 e. The minimum Gasteiger partial charge on any atom is -0.481 e. The molecule has 2 aromatic carbocycles. The van der Waals surface area contributed by atoms with E-state index in [1.165, 1.54) is 22.3 Å². The molecule has 34 heavy (non-hydrogen) atoms. The summed E-state index contributed by atoms with van der Waals surface area (Å²) in [4.78, 5) is 35.8. The predicted octanol–water partition coefficient (Wildman–Crippen LogP) is 4.06. The van der Waals surface area contributed by atoms with Crippen molar-refractivity contribution in [1.82, 2.24) is 10.6 Å². The number of carboxylic acid groups (broad SMARTS) is 1. The summed E-state index contributed by atoms with van der Waals surface area (Å²) >= 11 is 0. The molecular weight excluding hydrogens is 432 g/mol. The average Bonchev–Trinajstić information content (AvgIpc) is 3.59. The van der Waals surface area contributed by atoms with Crippen molar-refractivity contribution >= 4 is 18.0 Å². The van der Waals surface area contributed by atoms with Crippen LogP contribution in [0.25, 0.3) is 11.1 Å². The smallest absolute Gasteiger partial charge is 0.407 e. The Kier molecular flexibility index (Phi) is 6.26. The van der Waals surface area contributed by atoms with Crippen molar-refractivity contribution in [3.63, 3.8) is 0 Å². The maximum absolute atomic E-state index is 12.4. The van der Waals surface area contributed by atoms with Gasteiger partial charge in [0.25, 0.3) is 0 Å². The van der Waals surface area contributed by atoms with E-state index >= 15 is 0 Å². The summed E-state index contributed by atoms with van der Waals surface area (Å²) in [7, 11) is 0. The highest BCUT2D eigenvalue weighted by molar-refractivity contribution is 5.79. The number of carboxylic acids is 1. The van der Waals surface area contributed by atoms with Gasteiger partial charge < -0.3 is 20.5 Å². The van der Waals surface area contributed by atoms with Crippen LogP contribution >= 0.6 is 0 Å².